The zero-order chi connectivity index (χ0) is 20.5. The van der Waals surface area contributed by atoms with E-state index in [2.05, 4.69) is 57.9 Å². The first kappa shape index (κ1) is 21.3. The lowest BCUT2D eigenvalue weighted by Gasteiger charge is -2.32. The minimum absolute atomic E-state index is 0.140. The van der Waals surface area contributed by atoms with E-state index in [-0.39, 0.29) is 12.5 Å². The summed E-state index contributed by atoms with van der Waals surface area (Å²) in [6.45, 7) is 4.76. The van der Waals surface area contributed by atoms with Gasteiger partial charge in [0.25, 0.3) is 0 Å². The lowest BCUT2D eigenvalue weighted by atomic mass is 9.90. The number of nitrogens with one attached hydrogen (secondary N) is 2. The van der Waals surface area contributed by atoms with Crippen molar-refractivity contribution < 1.29 is 4.79 Å². The predicted molar refractivity (Wildman–Crippen MR) is 119 cm³/mol. The lowest BCUT2D eigenvalue weighted by Crippen LogP contribution is -2.47. The van der Waals surface area contributed by atoms with Gasteiger partial charge in [-0.15, -0.1) is 11.3 Å². The molecular formula is C22H31N5OS. The van der Waals surface area contributed by atoms with Crippen LogP contribution in [-0.2, 0) is 17.6 Å². The molecule has 2 aromatic rings. The normalized spacial score (nSPS) is 15.4. The van der Waals surface area contributed by atoms with Gasteiger partial charge in [0.2, 0.25) is 5.91 Å². The summed E-state index contributed by atoms with van der Waals surface area (Å²) in [6, 6.07) is 10.6. The highest BCUT2D eigenvalue weighted by atomic mass is 32.1. The summed E-state index contributed by atoms with van der Waals surface area (Å²) in [6.07, 6.45) is 5.99. The molecular weight excluding hydrogens is 382 g/mol. The van der Waals surface area contributed by atoms with Crippen LogP contribution in [0.5, 0.6) is 0 Å². The van der Waals surface area contributed by atoms with E-state index in [1.165, 1.54) is 10.4 Å². The molecule has 1 saturated heterocycles. The van der Waals surface area contributed by atoms with Crippen LogP contribution in [0.15, 0.2) is 41.5 Å². The molecule has 0 saturated carbocycles. The number of carbonyl (C=O) groups is 1. The minimum atomic E-state index is 0.140. The topological polar surface area (TPSA) is 69.6 Å². The highest BCUT2D eigenvalue weighted by Crippen LogP contribution is 2.21. The maximum atomic E-state index is 12.6. The zero-order valence-corrected chi connectivity index (χ0v) is 18.2. The van der Waals surface area contributed by atoms with Crippen molar-refractivity contribution in [3.8, 4) is 0 Å². The summed E-state index contributed by atoms with van der Waals surface area (Å²) in [5.74, 6) is 1.46. The molecule has 29 heavy (non-hydrogen) atoms. The van der Waals surface area contributed by atoms with Crippen molar-refractivity contribution in [2.75, 3.05) is 33.2 Å². The van der Waals surface area contributed by atoms with Gasteiger partial charge in [0.1, 0.15) is 0 Å². The maximum Gasteiger partial charge on any atom is 0.241 e. The van der Waals surface area contributed by atoms with E-state index >= 15 is 0 Å². The van der Waals surface area contributed by atoms with Crippen LogP contribution in [0.25, 0.3) is 0 Å². The van der Waals surface area contributed by atoms with Gasteiger partial charge in [0, 0.05) is 44.2 Å². The molecule has 6 nitrogen and oxygen atoms in total. The summed E-state index contributed by atoms with van der Waals surface area (Å²) >= 11 is 1.71. The van der Waals surface area contributed by atoms with Crippen molar-refractivity contribution in [2.24, 2.45) is 10.9 Å². The van der Waals surface area contributed by atoms with Crippen molar-refractivity contribution in [2.45, 2.75) is 32.6 Å². The predicted octanol–water partition coefficient (Wildman–Crippen LogP) is 2.64. The molecule has 1 aliphatic rings. The summed E-state index contributed by atoms with van der Waals surface area (Å²) in [4.78, 5) is 24.3. The van der Waals surface area contributed by atoms with Crippen molar-refractivity contribution in [1.82, 2.24) is 20.5 Å². The summed E-state index contributed by atoms with van der Waals surface area (Å²) in [7, 11) is 1.72. The third kappa shape index (κ3) is 6.85. The number of aromatic nitrogens is 1. The maximum absolute atomic E-state index is 12.6. The fraction of sp³-hybridized carbons (Fsp3) is 0.500. The van der Waals surface area contributed by atoms with Crippen LogP contribution < -0.4 is 10.6 Å². The van der Waals surface area contributed by atoms with Gasteiger partial charge in [0.15, 0.2) is 5.96 Å². The van der Waals surface area contributed by atoms with Gasteiger partial charge in [-0.05, 0) is 37.7 Å². The first-order valence-electron chi connectivity index (χ1n) is 10.3. The third-order valence-corrected chi connectivity index (χ3v) is 6.24. The molecule has 0 spiro atoms. The molecule has 2 N–H and O–H groups in total. The quantitative estimate of drug-likeness (QED) is 0.541. The summed E-state index contributed by atoms with van der Waals surface area (Å²) in [5.41, 5.74) is 1.39. The fourth-order valence-corrected chi connectivity index (χ4v) is 4.42. The number of thiazole rings is 1. The number of hydrogen-bond donors (Lipinski definition) is 2. The molecule has 0 atom stereocenters. The number of rotatable bonds is 7. The monoisotopic (exact) mass is 413 g/mol. The van der Waals surface area contributed by atoms with Crippen LogP contribution in [0.3, 0.4) is 0 Å². The van der Waals surface area contributed by atoms with E-state index in [9.17, 15) is 4.79 Å². The van der Waals surface area contributed by atoms with Crippen LogP contribution in [-0.4, -0.2) is 55.0 Å². The molecule has 3 rings (SSSR count). The SMILES string of the molecule is CN=C(NCCc1ncc(C)s1)NCC(=O)N1CCC(Cc2ccccc2)CC1. The Morgan fingerprint density at radius 2 is 2.00 bits per heavy atom. The van der Waals surface area contributed by atoms with Gasteiger partial charge in [-0.2, -0.15) is 0 Å². The number of hydrogen-bond acceptors (Lipinski definition) is 4. The largest absolute Gasteiger partial charge is 0.356 e. The van der Waals surface area contributed by atoms with Gasteiger partial charge in [-0.25, -0.2) is 4.98 Å². The Morgan fingerprint density at radius 1 is 1.24 bits per heavy atom. The number of carbonyl (C=O) groups excluding carboxylic acids is 1. The van der Waals surface area contributed by atoms with Gasteiger partial charge in [-0.1, -0.05) is 30.3 Å². The van der Waals surface area contributed by atoms with E-state index in [1.807, 2.05) is 11.1 Å². The van der Waals surface area contributed by atoms with Crippen LogP contribution in [0.1, 0.15) is 28.3 Å². The van der Waals surface area contributed by atoms with Gasteiger partial charge < -0.3 is 15.5 Å². The molecule has 0 radical (unpaired) electrons. The average molecular weight is 414 g/mol. The van der Waals surface area contributed by atoms with Crippen LogP contribution >= 0.6 is 11.3 Å². The number of aliphatic imine (C=N–C) groups is 1. The molecule has 1 amide bonds. The van der Waals surface area contributed by atoms with Crippen molar-refractivity contribution in [1.29, 1.82) is 0 Å². The highest BCUT2D eigenvalue weighted by Gasteiger charge is 2.22. The van der Waals surface area contributed by atoms with E-state index in [1.54, 1.807) is 18.4 Å². The molecule has 0 aliphatic carbocycles. The van der Waals surface area contributed by atoms with Crippen molar-refractivity contribution in [3.63, 3.8) is 0 Å². The number of benzene rings is 1. The van der Waals surface area contributed by atoms with E-state index in [4.69, 9.17) is 0 Å². The molecule has 1 aromatic carbocycles. The number of guanidine groups is 1. The Morgan fingerprint density at radius 3 is 2.66 bits per heavy atom. The second-order valence-corrected chi connectivity index (χ2v) is 8.80. The van der Waals surface area contributed by atoms with Gasteiger partial charge >= 0.3 is 0 Å². The molecule has 2 heterocycles. The Balaban J connectivity index is 1.34. The number of likely N-dealkylation sites (tertiary alicyclic amines) is 1. The lowest BCUT2D eigenvalue weighted by molar-refractivity contribution is -0.131. The second-order valence-electron chi connectivity index (χ2n) is 7.48. The number of aryl methyl sites for hydroxylation is 1. The Hall–Kier alpha value is -2.41. The molecule has 1 aromatic heterocycles. The Bertz CT molecular complexity index is 797. The Labute approximate surface area is 177 Å². The molecule has 0 unspecified atom stereocenters. The number of nitrogens with zero attached hydrogens (tertiary/aromatic N) is 3. The fourth-order valence-electron chi connectivity index (χ4n) is 3.63. The molecule has 1 fully saturated rings. The molecule has 1 aliphatic heterocycles. The van der Waals surface area contributed by atoms with E-state index in [0.717, 1.165) is 50.3 Å². The first-order valence-corrected chi connectivity index (χ1v) is 11.1. The summed E-state index contributed by atoms with van der Waals surface area (Å²) in [5, 5.41) is 7.51. The smallest absolute Gasteiger partial charge is 0.241 e. The average Bonchev–Trinajstić information content (AvgIpc) is 3.16. The second kappa shape index (κ2) is 11.0. The number of amides is 1. The standard InChI is InChI=1S/C22H31N5OS/c1-17-15-25-20(29-17)8-11-24-22(23-2)26-16-21(28)27-12-9-19(10-13-27)14-18-6-4-3-5-7-18/h3-7,15,19H,8-14,16H2,1-2H3,(H2,23,24,26). The van der Waals surface area contributed by atoms with E-state index in [0.29, 0.717) is 11.9 Å². The van der Waals surface area contributed by atoms with Crippen LogP contribution in [0, 0.1) is 12.8 Å². The van der Waals surface area contributed by atoms with Crippen LogP contribution in [0.2, 0.25) is 0 Å². The molecule has 0 bridgehead atoms. The highest BCUT2D eigenvalue weighted by molar-refractivity contribution is 7.11. The van der Waals surface area contributed by atoms with Gasteiger partial charge in [-0.3, -0.25) is 9.79 Å². The third-order valence-electron chi connectivity index (χ3n) is 5.27. The van der Waals surface area contributed by atoms with Crippen molar-refractivity contribution in [3.05, 3.63) is 52.0 Å². The zero-order valence-electron chi connectivity index (χ0n) is 17.4. The first-order chi connectivity index (χ1) is 14.1. The minimum Gasteiger partial charge on any atom is -0.356 e. The Kier molecular flexibility index (Phi) is 8.04. The number of piperidine rings is 1. The molecule has 156 valence electrons. The van der Waals surface area contributed by atoms with Gasteiger partial charge in [0.05, 0.1) is 11.6 Å². The van der Waals surface area contributed by atoms with Crippen molar-refractivity contribution >= 4 is 23.2 Å². The van der Waals surface area contributed by atoms with Crippen LogP contribution in [0.4, 0.5) is 0 Å². The molecule has 7 heteroatoms. The summed E-state index contributed by atoms with van der Waals surface area (Å²) < 4.78 is 0. The van der Waals surface area contributed by atoms with E-state index < -0.39 is 0 Å².